The Kier molecular flexibility index (Phi) is 5.17. The van der Waals surface area contributed by atoms with Gasteiger partial charge in [0.25, 0.3) is 0 Å². The fourth-order valence-electron chi connectivity index (χ4n) is 3.63. The van der Waals surface area contributed by atoms with Crippen LogP contribution in [0.25, 0.3) is 5.69 Å². The molecule has 0 N–H and O–H groups in total. The predicted molar refractivity (Wildman–Crippen MR) is 100 cm³/mol. The first-order valence-electron chi connectivity index (χ1n) is 9.00. The molecule has 3 aromatic rings. The number of hydrogen-bond acceptors (Lipinski definition) is 4. The lowest BCUT2D eigenvalue weighted by atomic mass is 9.94. The lowest BCUT2D eigenvalue weighted by Crippen LogP contribution is -2.16. The average molecular weight is 460 g/mol. The van der Waals surface area contributed by atoms with Gasteiger partial charge in [0, 0.05) is 5.56 Å². The Morgan fingerprint density at radius 2 is 1.84 bits per heavy atom. The maximum Gasteiger partial charge on any atom is 0.416 e. The van der Waals surface area contributed by atoms with E-state index in [9.17, 15) is 22.0 Å². The maximum atomic E-state index is 14.0. The molecule has 0 bridgehead atoms. The molecule has 1 aromatic heterocycles. The van der Waals surface area contributed by atoms with Crippen LogP contribution in [0.1, 0.15) is 40.0 Å². The van der Waals surface area contributed by atoms with Crippen molar-refractivity contribution in [3.8, 4) is 11.4 Å². The molecule has 4 rings (SSSR count). The molecule has 31 heavy (non-hydrogen) atoms. The van der Waals surface area contributed by atoms with Crippen LogP contribution in [0.4, 0.5) is 22.0 Å². The van der Waals surface area contributed by atoms with Crippen molar-refractivity contribution >= 4 is 11.6 Å². The third-order valence-electron chi connectivity index (χ3n) is 5.07. The molecule has 0 aliphatic carbocycles. The average Bonchev–Trinajstić information content (AvgIpc) is 3.06. The van der Waals surface area contributed by atoms with Gasteiger partial charge >= 0.3 is 11.6 Å². The summed E-state index contributed by atoms with van der Waals surface area (Å²) in [7, 11) is 1.46. The first kappa shape index (κ1) is 21.5. The van der Waals surface area contributed by atoms with Crippen LogP contribution in [0.3, 0.4) is 0 Å². The first-order valence-corrected chi connectivity index (χ1v) is 9.38. The van der Waals surface area contributed by atoms with Crippen LogP contribution in [-0.4, -0.2) is 21.9 Å². The fraction of sp³-hybridized carbons (Fsp3) is 0.300. The molecule has 164 valence electrons. The summed E-state index contributed by atoms with van der Waals surface area (Å²) >= 11 is 5.18. The van der Waals surface area contributed by atoms with Crippen LogP contribution in [0.2, 0.25) is 0 Å². The monoisotopic (exact) mass is 459 g/mol. The molecule has 0 amide bonds. The summed E-state index contributed by atoms with van der Waals surface area (Å²) in [6.45, 7) is 1.45. The zero-order valence-corrected chi connectivity index (χ0v) is 16.9. The van der Waals surface area contributed by atoms with Crippen LogP contribution < -0.4 is 4.74 Å². The summed E-state index contributed by atoms with van der Waals surface area (Å²) < 4.78 is 80.4. The number of rotatable bonds is 3. The minimum Gasteiger partial charge on any atom is -0.496 e. The third-order valence-corrected chi connectivity index (χ3v) is 5.24. The molecule has 5 nitrogen and oxygen atoms in total. The molecule has 0 radical (unpaired) electrons. The minimum atomic E-state index is -4.65. The summed E-state index contributed by atoms with van der Waals surface area (Å²) in [5.41, 5.74) is 0.257. The number of halogens is 6. The molecule has 0 saturated heterocycles. The lowest BCUT2D eigenvalue weighted by molar-refractivity contribution is -0.137. The standard InChI is InChI=1S/C20H15ClF5N3O2/c1-10-12(4-3-5-15(10)30-2)17-13-8-11(20(24,25)26)6-7-14(13)29-16(9-31-17)27-28-18(29)19(21,22)23/h3-8,17H,9H2,1-2H3/t17-/m1/s1. The number of nitrogens with zero attached hydrogens (tertiary/aromatic N) is 3. The zero-order valence-electron chi connectivity index (χ0n) is 16.2. The van der Waals surface area contributed by atoms with E-state index in [0.29, 0.717) is 16.9 Å². The second-order valence-electron chi connectivity index (χ2n) is 6.91. The number of alkyl halides is 6. The number of ether oxygens (including phenoxy) is 2. The van der Waals surface area contributed by atoms with Gasteiger partial charge in [0.2, 0.25) is 5.82 Å². The summed E-state index contributed by atoms with van der Waals surface area (Å²) in [5.74, 6) is -0.414. The number of fused-ring (bicyclic) bond motifs is 3. The van der Waals surface area contributed by atoms with E-state index in [-0.39, 0.29) is 23.7 Å². The van der Waals surface area contributed by atoms with Crippen LogP contribution in [-0.2, 0) is 22.9 Å². The second-order valence-corrected chi connectivity index (χ2v) is 7.38. The van der Waals surface area contributed by atoms with E-state index >= 15 is 0 Å². The Balaban J connectivity index is 2.00. The van der Waals surface area contributed by atoms with Gasteiger partial charge in [-0.25, -0.2) is 0 Å². The number of methoxy groups -OCH3 is 1. The van der Waals surface area contributed by atoms with Gasteiger partial charge in [0.05, 0.1) is 18.4 Å². The fourth-order valence-corrected chi connectivity index (χ4v) is 3.76. The molecule has 11 heteroatoms. The Labute approximate surface area is 178 Å². The Hall–Kier alpha value is -2.72. The smallest absolute Gasteiger partial charge is 0.416 e. The second kappa shape index (κ2) is 7.45. The Bertz CT molecular complexity index is 1140. The molecular weight excluding hydrogens is 445 g/mol. The summed E-state index contributed by atoms with van der Waals surface area (Å²) in [6, 6.07) is 7.82. The normalized spacial score (nSPS) is 16.5. The van der Waals surface area contributed by atoms with Gasteiger partial charge in [-0.3, -0.25) is 4.57 Å². The van der Waals surface area contributed by atoms with Crippen molar-refractivity contribution in [1.29, 1.82) is 0 Å². The molecule has 0 unspecified atom stereocenters. The molecule has 1 aliphatic heterocycles. The molecule has 1 aliphatic rings. The number of benzene rings is 2. The minimum absolute atomic E-state index is 0.0145. The highest BCUT2D eigenvalue weighted by atomic mass is 35.5. The van der Waals surface area contributed by atoms with E-state index in [1.54, 1.807) is 25.1 Å². The van der Waals surface area contributed by atoms with Gasteiger partial charge in [-0.2, -0.15) is 22.0 Å². The summed E-state index contributed by atoms with van der Waals surface area (Å²) in [6.07, 6.45) is -5.66. The molecule has 2 aromatic carbocycles. The van der Waals surface area contributed by atoms with Crippen molar-refractivity contribution in [2.75, 3.05) is 7.11 Å². The van der Waals surface area contributed by atoms with Gasteiger partial charge in [-0.05, 0) is 53.9 Å². The van der Waals surface area contributed by atoms with Crippen LogP contribution >= 0.6 is 11.6 Å². The Morgan fingerprint density at radius 1 is 1.10 bits per heavy atom. The van der Waals surface area contributed by atoms with E-state index in [1.165, 1.54) is 7.11 Å². The van der Waals surface area contributed by atoms with E-state index < -0.39 is 29.0 Å². The van der Waals surface area contributed by atoms with Crippen molar-refractivity contribution < 1.29 is 31.4 Å². The summed E-state index contributed by atoms with van der Waals surface area (Å²) in [5, 5.41) is 3.25. The first-order chi connectivity index (χ1) is 14.5. The molecule has 0 spiro atoms. The van der Waals surface area contributed by atoms with Crippen molar-refractivity contribution in [3.63, 3.8) is 0 Å². The topological polar surface area (TPSA) is 49.2 Å². The van der Waals surface area contributed by atoms with E-state index in [1.807, 2.05) is 0 Å². The van der Waals surface area contributed by atoms with Crippen molar-refractivity contribution in [2.24, 2.45) is 0 Å². The van der Waals surface area contributed by atoms with Crippen LogP contribution in [0.15, 0.2) is 36.4 Å². The molecule has 0 saturated carbocycles. The van der Waals surface area contributed by atoms with Gasteiger partial charge in [-0.15, -0.1) is 10.2 Å². The van der Waals surface area contributed by atoms with Crippen LogP contribution in [0.5, 0.6) is 5.75 Å². The van der Waals surface area contributed by atoms with Gasteiger partial charge < -0.3 is 9.47 Å². The van der Waals surface area contributed by atoms with Gasteiger partial charge in [-0.1, -0.05) is 12.1 Å². The molecule has 1 atom stereocenters. The molecule has 0 fully saturated rings. The van der Waals surface area contributed by atoms with Crippen LogP contribution in [0, 0.1) is 6.92 Å². The number of hydrogen-bond donors (Lipinski definition) is 0. The highest BCUT2D eigenvalue weighted by Gasteiger charge is 2.40. The molecular formula is C20H15ClF5N3O2. The van der Waals surface area contributed by atoms with Crippen molar-refractivity contribution in [2.45, 2.75) is 31.2 Å². The van der Waals surface area contributed by atoms with E-state index in [0.717, 1.165) is 22.8 Å². The van der Waals surface area contributed by atoms with E-state index in [4.69, 9.17) is 21.1 Å². The van der Waals surface area contributed by atoms with E-state index in [2.05, 4.69) is 10.2 Å². The largest absolute Gasteiger partial charge is 0.496 e. The number of aromatic nitrogens is 3. The van der Waals surface area contributed by atoms with Crippen molar-refractivity contribution in [1.82, 2.24) is 14.8 Å². The zero-order chi connectivity index (χ0) is 22.6. The third kappa shape index (κ3) is 3.74. The van der Waals surface area contributed by atoms with Gasteiger partial charge in [0.15, 0.2) is 5.82 Å². The van der Waals surface area contributed by atoms with Gasteiger partial charge in [0.1, 0.15) is 18.5 Å². The lowest BCUT2D eigenvalue weighted by Gasteiger charge is -2.23. The highest BCUT2D eigenvalue weighted by Crippen LogP contribution is 2.43. The molecule has 2 heterocycles. The van der Waals surface area contributed by atoms with Crippen molar-refractivity contribution in [3.05, 3.63) is 70.3 Å². The highest BCUT2D eigenvalue weighted by molar-refractivity contribution is 6.21. The summed E-state index contributed by atoms with van der Waals surface area (Å²) in [4.78, 5) is 0. The maximum absolute atomic E-state index is 14.0. The predicted octanol–water partition coefficient (Wildman–Crippen LogP) is 5.51. The quantitative estimate of drug-likeness (QED) is 0.383. The Morgan fingerprint density at radius 3 is 2.48 bits per heavy atom. The SMILES string of the molecule is COc1cccc([C@H]2OCc3nnc(C(F)(F)Cl)n3-c3ccc(C(F)(F)F)cc32)c1C.